The lowest BCUT2D eigenvalue weighted by molar-refractivity contribution is 0.101. The van der Waals surface area contributed by atoms with Crippen molar-refractivity contribution in [2.45, 2.75) is 13.3 Å². The summed E-state index contributed by atoms with van der Waals surface area (Å²) in [5.74, 6) is 0.578. The van der Waals surface area contributed by atoms with Crippen LogP contribution in [0.15, 0.2) is 35.8 Å². The van der Waals surface area contributed by atoms with Crippen molar-refractivity contribution in [3.05, 3.63) is 46.3 Å². The van der Waals surface area contributed by atoms with Crippen LogP contribution in [0.3, 0.4) is 0 Å². The van der Waals surface area contributed by atoms with E-state index in [4.69, 9.17) is 4.74 Å². The minimum absolute atomic E-state index is 0.0163. The van der Waals surface area contributed by atoms with Gasteiger partial charge in [0.1, 0.15) is 0 Å². The smallest absolute Gasteiger partial charge is 0.213 e. The zero-order valence-corrected chi connectivity index (χ0v) is 10.4. The van der Waals surface area contributed by atoms with Gasteiger partial charge in [0.05, 0.1) is 6.61 Å². The van der Waals surface area contributed by atoms with E-state index in [0.29, 0.717) is 18.1 Å². The fourth-order valence-corrected chi connectivity index (χ4v) is 2.08. The molecule has 3 nitrogen and oxygen atoms in total. The summed E-state index contributed by atoms with van der Waals surface area (Å²) in [6.07, 6.45) is 2.43. The number of carbonyl (C=O) groups excluding carboxylic acids is 1. The van der Waals surface area contributed by atoms with Crippen molar-refractivity contribution in [1.82, 2.24) is 4.98 Å². The summed E-state index contributed by atoms with van der Waals surface area (Å²) in [6, 6.07) is 7.57. The monoisotopic (exact) mass is 247 g/mol. The minimum Gasteiger partial charge on any atom is -0.477 e. The molecule has 2 aromatic rings. The van der Waals surface area contributed by atoms with Gasteiger partial charge >= 0.3 is 0 Å². The molecular weight excluding hydrogens is 234 g/mol. The summed E-state index contributed by atoms with van der Waals surface area (Å²) in [4.78, 5) is 16.4. The maximum atomic E-state index is 11.0. The van der Waals surface area contributed by atoms with Crippen molar-refractivity contribution in [3.63, 3.8) is 0 Å². The summed E-state index contributed by atoms with van der Waals surface area (Å²) in [6.45, 7) is 2.13. The molecule has 0 aliphatic heterocycles. The topological polar surface area (TPSA) is 39.2 Å². The third-order valence-electron chi connectivity index (χ3n) is 2.32. The van der Waals surface area contributed by atoms with Crippen LogP contribution in [-0.4, -0.2) is 17.4 Å². The zero-order valence-electron chi connectivity index (χ0n) is 9.55. The molecule has 0 aliphatic rings. The van der Waals surface area contributed by atoms with Gasteiger partial charge in [-0.3, -0.25) is 4.79 Å². The fourth-order valence-electron chi connectivity index (χ4n) is 1.38. The highest BCUT2D eigenvalue weighted by Gasteiger charge is 2.01. The number of carbonyl (C=O) groups is 1. The molecule has 2 heterocycles. The van der Waals surface area contributed by atoms with Crippen LogP contribution in [0.5, 0.6) is 5.88 Å². The molecule has 2 rings (SSSR count). The van der Waals surface area contributed by atoms with E-state index in [9.17, 15) is 4.79 Å². The molecule has 0 fully saturated rings. The van der Waals surface area contributed by atoms with Crippen LogP contribution in [-0.2, 0) is 6.42 Å². The molecule has 0 unspecified atom stereocenters. The first-order chi connectivity index (χ1) is 8.25. The lowest BCUT2D eigenvalue weighted by atomic mass is 10.2. The first-order valence-electron chi connectivity index (χ1n) is 5.38. The molecule has 2 aromatic heterocycles. The van der Waals surface area contributed by atoms with E-state index < -0.39 is 0 Å². The highest BCUT2D eigenvalue weighted by atomic mass is 32.1. The van der Waals surface area contributed by atoms with E-state index >= 15 is 0 Å². The van der Waals surface area contributed by atoms with Crippen LogP contribution in [0.2, 0.25) is 0 Å². The molecule has 0 saturated carbocycles. The fraction of sp³-hybridized carbons (Fsp3) is 0.231. The van der Waals surface area contributed by atoms with Crippen LogP contribution in [0.25, 0.3) is 0 Å². The number of hydrogen-bond donors (Lipinski definition) is 0. The molecule has 0 bridgehead atoms. The largest absolute Gasteiger partial charge is 0.477 e. The molecule has 0 saturated heterocycles. The number of nitrogens with zero attached hydrogens (tertiary/aromatic N) is 1. The van der Waals surface area contributed by atoms with Crippen LogP contribution in [0.4, 0.5) is 0 Å². The third kappa shape index (κ3) is 3.39. The van der Waals surface area contributed by atoms with E-state index in [1.54, 1.807) is 29.7 Å². The van der Waals surface area contributed by atoms with E-state index in [0.717, 1.165) is 6.42 Å². The second-order valence-electron chi connectivity index (χ2n) is 3.62. The van der Waals surface area contributed by atoms with Crippen molar-refractivity contribution in [3.8, 4) is 5.88 Å². The highest BCUT2D eigenvalue weighted by molar-refractivity contribution is 7.09. The van der Waals surface area contributed by atoms with Gasteiger partial charge in [-0.05, 0) is 24.4 Å². The predicted octanol–water partition coefficient (Wildman–Crippen LogP) is 2.97. The maximum Gasteiger partial charge on any atom is 0.213 e. The Labute approximate surface area is 104 Å². The van der Waals surface area contributed by atoms with Crippen LogP contribution in [0, 0.1) is 0 Å². The molecule has 0 amide bonds. The molecule has 88 valence electrons. The third-order valence-corrected chi connectivity index (χ3v) is 3.26. The van der Waals surface area contributed by atoms with Gasteiger partial charge in [0.2, 0.25) is 5.88 Å². The number of ketones is 1. The van der Waals surface area contributed by atoms with Gasteiger partial charge in [0.25, 0.3) is 0 Å². The van der Waals surface area contributed by atoms with Gasteiger partial charge < -0.3 is 4.74 Å². The molecule has 0 spiro atoms. The standard InChI is InChI=1S/C13H13NO2S/c1-10(15)11-4-5-13(14-9-11)16-7-6-12-3-2-8-17-12/h2-5,8-9H,6-7H2,1H3. The number of aromatic nitrogens is 1. The SMILES string of the molecule is CC(=O)c1ccc(OCCc2cccs2)nc1. The predicted molar refractivity (Wildman–Crippen MR) is 67.8 cm³/mol. The van der Waals surface area contributed by atoms with Crippen molar-refractivity contribution < 1.29 is 9.53 Å². The van der Waals surface area contributed by atoms with Gasteiger partial charge in [-0.25, -0.2) is 4.98 Å². The summed E-state index contributed by atoms with van der Waals surface area (Å²) in [7, 11) is 0. The molecule has 17 heavy (non-hydrogen) atoms. The lowest BCUT2D eigenvalue weighted by Crippen LogP contribution is -2.02. The van der Waals surface area contributed by atoms with Gasteiger partial charge in [-0.1, -0.05) is 6.07 Å². The first-order valence-corrected chi connectivity index (χ1v) is 6.26. The molecule has 0 atom stereocenters. The second kappa shape index (κ2) is 5.59. The average molecular weight is 247 g/mol. The Morgan fingerprint density at radius 2 is 2.29 bits per heavy atom. The average Bonchev–Trinajstić information content (AvgIpc) is 2.83. The first kappa shape index (κ1) is 11.8. The van der Waals surface area contributed by atoms with E-state index in [2.05, 4.69) is 16.4 Å². The Bertz CT molecular complexity index is 477. The van der Waals surface area contributed by atoms with Gasteiger partial charge in [-0.2, -0.15) is 0 Å². The van der Waals surface area contributed by atoms with Gasteiger partial charge in [-0.15, -0.1) is 11.3 Å². The van der Waals surface area contributed by atoms with E-state index in [1.807, 2.05) is 6.07 Å². The Morgan fingerprint density at radius 1 is 1.41 bits per heavy atom. The van der Waals surface area contributed by atoms with Gasteiger partial charge in [0, 0.05) is 29.1 Å². The number of rotatable bonds is 5. The molecule has 0 aliphatic carbocycles. The Morgan fingerprint density at radius 3 is 2.88 bits per heavy atom. The molecule has 0 radical (unpaired) electrons. The normalized spacial score (nSPS) is 10.2. The van der Waals surface area contributed by atoms with Crippen molar-refractivity contribution >= 4 is 17.1 Å². The van der Waals surface area contributed by atoms with E-state index in [1.165, 1.54) is 11.8 Å². The molecule has 0 aromatic carbocycles. The summed E-state index contributed by atoms with van der Waals surface area (Å²) in [5, 5.41) is 2.05. The highest BCUT2D eigenvalue weighted by Crippen LogP contribution is 2.11. The van der Waals surface area contributed by atoms with Crippen molar-refractivity contribution in [1.29, 1.82) is 0 Å². The Hall–Kier alpha value is -1.68. The maximum absolute atomic E-state index is 11.0. The van der Waals surface area contributed by atoms with Crippen LogP contribution in [0.1, 0.15) is 22.2 Å². The second-order valence-corrected chi connectivity index (χ2v) is 4.65. The molecule has 4 heteroatoms. The summed E-state index contributed by atoms with van der Waals surface area (Å²) < 4.78 is 5.50. The van der Waals surface area contributed by atoms with Crippen molar-refractivity contribution in [2.75, 3.05) is 6.61 Å². The lowest BCUT2D eigenvalue weighted by Gasteiger charge is -2.04. The summed E-state index contributed by atoms with van der Waals surface area (Å²) >= 11 is 1.72. The zero-order chi connectivity index (χ0) is 12.1. The number of Topliss-reactive ketones (excluding diaryl/α,β-unsaturated/α-hetero) is 1. The number of hydrogen-bond acceptors (Lipinski definition) is 4. The van der Waals surface area contributed by atoms with Gasteiger partial charge in [0.15, 0.2) is 5.78 Å². The quantitative estimate of drug-likeness (QED) is 0.762. The molecule has 0 N–H and O–H groups in total. The molecular formula is C13H13NO2S. The number of ether oxygens (including phenoxy) is 1. The Balaban J connectivity index is 1.85. The van der Waals surface area contributed by atoms with Crippen LogP contribution < -0.4 is 4.74 Å². The van der Waals surface area contributed by atoms with E-state index in [-0.39, 0.29) is 5.78 Å². The summed E-state index contributed by atoms with van der Waals surface area (Å²) in [5.41, 5.74) is 0.607. The number of thiophene rings is 1. The van der Waals surface area contributed by atoms with Crippen LogP contribution >= 0.6 is 11.3 Å². The van der Waals surface area contributed by atoms with Crippen molar-refractivity contribution in [2.24, 2.45) is 0 Å². The Kier molecular flexibility index (Phi) is 3.88. The minimum atomic E-state index is 0.0163. The number of pyridine rings is 1.